The first-order valence-electron chi connectivity index (χ1n) is 5.79. The van der Waals surface area contributed by atoms with E-state index in [0.29, 0.717) is 12.3 Å². The number of hydrogen-bond donors (Lipinski definition) is 1. The van der Waals surface area contributed by atoms with Crippen LogP contribution in [-0.2, 0) is 6.18 Å². The molecule has 1 N–H and O–H groups in total. The second kappa shape index (κ2) is 6.79. The molecule has 1 heterocycles. The molecule has 108 valence electrons. The van der Waals surface area contributed by atoms with Gasteiger partial charge in [-0.05, 0) is 34.3 Å². The highest BCUT2D eigenvalue weighted by atomic mass is 79.9. The number of hydrogen-bond acceptors (Lipinski definition) is 2. The van der Waals surface area contributed by atoms with E-state index in [2.05, 4.69) is 26.2 Å². The molecule has 0 saturated heterocycles. The van der Waals surface area contributed by atoms with E-state index in [-0.39, 0.29) is 22.2 Å². The van der Waals surface area contributed by atoms with Crippen molar-refractivity contribution in [3.8, 4) is 0 Å². The quantitative estimate of drug-likeness (QED) is 0.754. The number of anilines is 1. The summed E-state index contributed by atoms with van der Waals surface area (Å²) in [6.07, 6.45) is -2.44. The summed E-state index contributed by atoms with van der Waals surface area (Å²) in [5.74, 6) is 0.385. The number of alkyl halides is 4. The van der Waals surface area contributed by atoms with Crippen LogP contribution in [0.25, 0.3) is 0 Å². The maximum Gasteiger partial charge on any atom is 0.419 e. The van der Waals surface area contributed by atoms with E-state index in [0.717, 1.165) is 6.07 Å². The first-order chi connectivity index (χ1) is 8.74. The molecule has 0 aliphatic rings. The van der Waals surface area contributed by atoms with Gasteiger partial charge in [0.15, 0.2) is 0 Å². The highest BCUT2D eigenvalue weighted by Crippen LogP contribution is 2.35. The smallest absolute Gasteiger partial charge is 0.366 e. The second-order valence-corrected chi connectivity index (χ2v) is 5.90. The summed E-state index contributed by atoms with van der Waals surface area (Å²) in [4.78, 5) is 3.80. The molecule has 7 heteroatoms. The lowest BCUT2D eigenvalue weighted by Gasteiger charge is -2.21. The molecule has 0 amide bonds. The predicted octanol–water partition coefficient (Wildman–Crippen LogP) is 4.93. The molecule has 0 bridgehead atoms. The Bertz CT molecular complexity index is 424. The summed E-state index contributed by atoms with van der Waals surface area (Å²) >= 11 is 8.77. The van der Waals surface area contributed by atoms with Crippen molar-refractivity contribution >= 4 is 33.3 Å². The van der Waals surface area contributed by atoms with Crippen LogP contribution in [0, 0.1) is 5.92 Å². The zero-order valence-corrected chi connectivity index (χ0v) is 12.9. The monoisotopic (exact) mass is 358 g/mol. The Morgan fingerprint density at radius 1 is 1.42 bits per heavy atom. The molecule has 0 fully saturated rings. The van der Waals surface area contributed by atoms with Crippen molar-refractivity contribution in [2.24, 2.45) is 5.92 Å². The summed E-state index contributed by atoms with van der Waals surface area (Å²) in [5.41, 5.74) is -0.791. The molecule has 0 aliphatic carbocycles. The Kier molecular flexibility index (Phi) is 5.92. The van der Waals surface area contributed by atoms with E-state index in [9.17, 15) is 13.2 Å². The maximum absolute atomic E-state index is 12.9. The van der Waals surface area contributed by atoms with E-state index < -0.39 is 11.7 Å². The van der Waals surface area contributed by atoms with Gasteiger partial charge in [-0.25, -0.2) is 4.98 Å². The maximum atomic E-state index is 12.9. The molecular formula is C12H15BrClF3N2. The van der Waals surface area contributed by atoms with Crippen LogP contribution in [0.4, 0.5) is 19.0 Å². The predicted molar refractivity (Wildman–Crippen MR) is 74.5 cm³/mol. The zero-order chi connectivity index (χ0) is 14.6. The van der Waals surface area contributed by atoms with Crippen molar-refractivity contribution in [2.45, 2.75) is 32.5 Å². The van der Waals surface area contributed by atoms with E-state index in [4.69, 9.17) is 11.6 Å². The van der Waals surface area contributed by atoms with Crippen molar-refractivity contribution in [1.82, 2.24) is 4.98 Å². The summed E-state index contributed by atoms with van der Waals surface area (Å²) < 4.78 is 39.0. The molecule has 1 aromatic rings. The minimum Gasteiger partial charge on any atom is -0.366 e. The minimum atomic E-state index is -4.45. The van der Waals surface area contributed by atoms with Crippen LogP contribution in [0.5, 0.6) is 0 Å². The van der Waals surface area contributed by atoms with Crippen molar-refractivity contribution in [1.29, 1.82) is 0 Å². The van der Waals surface area contributed by atoms with Gasteiger partial charge in [-0.15, -0.1) is 11.6 Å². The largest absolute Gasteiger partial charge is 0.419 e. The molecule has 0 radical (unpaired) electrons. The van der Waals surface area contributed by atoms with Gasteiger partial charge in [0.25, 0.3) is 0 Å². The Morgan fingerprint density at radius 2 is 2.05 bits per heavy atom. The van der Waals surface area contributed by atoms with Crippen LogP contribution in [0.2, 0.25) is 0 Å². The fourth-order valence-corrected chi connectivity index (χ4v) is 2.23. The van der Waals surface area contributed by atoms with Gasteiger partial charge in [-0.2, -0.15) is 13.2 Å². The molecule has 1 unspecified atom stereocenters. The molecule has 0 aromatic carbocycles. The van der Waals surface area contributed by atoms with E-state index >= 15 is 0 Å². The normalized spacial score (nSPS) is 13.7. The standard InChI is InChI=1S/C12H15BrClF3N2/c1-7(2)3-9(5-14)19-11-10(12(15,16)17)4-8(13)6-18-11/h4,6-7,9H,3,5H2,1-2H3,(H,18,19). The molecule has 0 saturated carbocycles. The topological polar surface area (TPSA) is 24.9 Å². The highest BCUT2D eigenvalue weighted by Gasteiger charge is 2.35. The van der Waals surface area contributed by atoms with Gasteiger partial charge in [-0.1, -0.05) is 13.8 Å². The average molecular weight is 360 g/mol. The van der Waals surface area contributed by atoms with Crippen LogP contribution < -0.4 is 5.32 Å². The van der Waals surface area contributed by atoms with E-state index in [1.807, 2.05) is 13.8 Å². The van der Waals surface area contributed by atoms with Crippen molar-refractivity contribution in [3.05, 3.63) is 22.3 Å². The number of pyridine rings is 1. The molecule has 0 aliphatic heterocycles. The van der Waals surface area contributed by atoms with Gasteiger partial charge in [-0.3, -0.25) is 0 Å². The number of rotatable bonds is 5. The van der Waals surface area contributed by atoms with Gasteiger partial charge in [0.2, 0.25) is 0 Å². The summed E-state index contributed by atoms with van der Waals surface area (Å²) in [7, 11) is 0. The van der Waals surface area contributed by atoms with E-state index in [1.165, 1.54) is 6.20 Å². The third-order valence-corrected chi connectivity index (χ3v) is 3.25. The molecular weight excluding hydrogens is 344 g/mol. The fraction of sp³-hybridized carbons (Fsp3) is 0.583. The lowest BCUT2D eigenvalue weighted by Crippen LogP contribution is -2.26. The van der Waals surface area contributed by atoms with Crippen LogP contribution in [-0.4, -0.2) is 16.9 Å². The number of halogens is 5. The van der Waals surface area contributed by atoms with E-state index in [1.54, 1.807) is 0 Å². The van der Waals surface area contributed by atoms with Crippen LogP contribution >= 0.6 is 27.5 Å². The number of nitrogens with zero attached hydrogens (tertiary/aromatic N) is 1. The van der Waals surface area contributed by atoms with Crippen molar-refractivity contribution < 1.29 is 13.2 Å². The van der Waals surface area contributed by atoms with Crippen LogP contribution in [0.1, 0.15) is 25.8 Å². The van der Waals surface area contributed by atoms with Gasteiger partial charge >= 0.3 is 6.18 Å². The van der Waals surface area contributed by atoms with Crippen molar-refractivity contribution in [3.63, 3.8) is 0 Å². The SMILES string of the molecule is CC(C)CC(CCl)Nc1ncc(Br)cc1C(F)(F)F. The fourth-order valence-electron chi connectivity index (χ4n) is 1.69. The second-order valence-electron chi connectivity index (χ2n) is 4.67. The van der Waals surface area contributed by atoms with Gasteiger partial charge < -0.3 is 5.32 Å². The lowest BCUT2D eigenvalue weighted by molar-refractivity contribution is -0.137. The third-order valence-electron chi connectivity index (χ3n) is 2.44. The Labute approximate surface area is 123 Å². The molecule has 19 heavy (non-hydrogen) atoms. The molecule has 0 spiro atoms. The molecule has 1 aromatic heterocycles. The minimum absolute atomic E-state index is 0.179. The first kappa shape index (κ1) is 16.6. The molecule has 1 atom stereocenters. The van der Waals surface area contributed by atoms with Gasteiger partial charge in [0.05, 0.1) is 5.56 Å². The first-order valence-corrected chi connectivity index (χ1v) is 7.12. The summed E-state index contributed by atoms with van der Waals surface area (Å²) in [5, 5.41) is 2.78. The third kappa shape index (κ3) is 5.18. The van der Waals surface area contributed by atoms with Crippen LogP contribution in [0.3, 0.4) is 0 Å². The Morgan fingerprint density at radius 3 is 2.53 bits per heavy atom. The van der Waals surface area contributed by atoms with Crippen molar-refractivity contribution in [2.75, 3.05) is 11.2 Å². The number of aromatic nitrogens is 1. The Hall–Kier alpha value is -0.490. The molecule has 1 rings (SSSR count). The van der Waals surface area contributed by atoms with Gasteiger partial charge in [0.1, 0.15) is 5.82 Å². The highest BCUT2D eigenvalue weighted by molar-refractivity contribution is 9.10. The zero-order valence-electron chi connectivity index (χ0n) is 10.6. The molecule has 2 nitrogen and oxygen atoms in total. The average Bonchev–Trinajstić information content (AvgIpc) is 2.28. The summed E-state index contributed by atoms with van der Waals surface area (Å²) in [6.45, 7) is 3.97. The number of nitrogens with one attached hydrogen (secondary N) is 1. The van der Waals surface area contributed by atoms with Gasteiger partial charge in [0, 0.05) is 22.6 Å². The van der Waals surface area contributed by atoms with Crippen LogP contribution in [0.15, 0.2) is 16.7 Å². The summed E-state index contributed by atoms with van der Waals surface area (Å²) in [6, 6.07) is 0.771. The lowest BCUT2D eigenvalue weighted by atomic mass is 10.0. The Balaban J connectivity index is 2.99.